The van der Waals surface area contributed by atoms with Gasteiger partial charge in [-0.05, 0) is 91.5 Å². The number of furan rings is 1. The van der Waals surface area contributed by atoms with Crippen molar-refractivity contribution < 1.29 is 24.5 Å². The molecule has 4 heterocycles. The molecule has 0 N–H and O–H groups in total. The summed E-state index contributed by atoms with van der Waals surface area (Å²) < 4.78 is 9.12. The van der Waals surface area contributed by atoms with Crippen LogP contribution in [-0.4, -0.2) is 27.6 Å². The minimum absolute atomic E-state index is 0. The molecule has 0 spiro atoms. The van der Waals surface area contributed by atoms with Crippen LogP contribution in [0.5, 0.6) is 0 Å². The van der Waals surface area contributed by atoms with Crippen LogP contribution in [0.4, 0.5) is 0 Å². The van der Waals surface area contributed by atoms with Crippen molar-refractivity contribution in [1.29, 1.82) is 0 Å². The average Bonchev–Trinajstić information content (AvgIpc) is 3.95. The van der Waals surface area contributed by atoms with E-state index in [1.165, 1.54) is 38.6 Å². The van der Waals surface area contributed by atoms with Gasteiger partial charge >= 0.3 is 0 Å². The normalized spacial score (nSPS) is 11.6. The van der Waals surface area contributed by atoms with Gasteiger partial charge in [0.05, 0.1) is 36.7 Å². The molecule has 0 fully saturated rings. The van der Waals surface area contributed by atoms with E-state index in [1.54, 1.807) is 0 Å². The number of pyridine rings is 2. The minimum atomic E-state index is -1.23. The van der Waals surface area contributed by atoms with Crippen molar-refractivity contribution in [1.82, 2.24) is 19.5 Å². The predicted molar refractivity (Wildman–Crippen MR) is 286 cm³/mol. The Labute approximate surface area is 420 Å². The zero-order chi connectivity index (χ0) is 46.9. The maximum absolute atomic E-state index is 6.81. The fraction of sp³-hybridized carbons (Fsp3) is 0.145. The van der Waals surface area contributed by atoms with E-state index in [-0.39, 0.29) is 31.9 Å². The van der Waals surface area contributed by atoms with E-state index in [1.807, 2.05) is 61.1 Å². The Kier molecular flexibility index (Phi) is 13.6. The van der Waals surface area contributed by atoms with E-state index >= 15 is 0 Å². The molecule has 0 atom stereocenters. The molecular weight excluding hydrogens is 1040 g/mol. The molecule has 0 aliphatic rings. The number of hydrogen-bond donors (Lipinski definition) is 0. The summed E-state index contributed by atoms with van der Waals surface area (Å²) in [7, 11) is -1.23. The number of hydrogen-bond acceptors (Lipinski definition) is 4. The van der Waals surface area contributed by atoms with Gasteiger partial charge in [-0.15, -0.1) is 54.1 Å². The molecule has 0 amide bonds. The molecule has 0 aliphatic heterocycles. The van der Waals surface area contributed by atoms with Crippen LogP contribution in [-0.2, 0) is 20.1 Å². The summed E-state index contributed by atoms with van der Waals surface area (Å²) in [5, 5.41) is 3.50. The molecule has 1 radical (unpaired) electrons. The topological polar surface area (TPSA) is 56.7 Å². The zero-order valence-electron chi connectivity index (χ0n) is 40.1. The Hall–Kier alpha value is -7.02. The Morgan fingerprint density at radius 1 is 0.565 bits per heavy atom. The molecule has 11 rings (SSSR count). The van der Waals surface area contributed by atoms with Crippen molar-refractivity contribution in [3.8, 4) is 61.7 Å². The second-order valence-electron chi connectivity index (χ2n) is 19.1. The molecule has 7 aromatic carbocycles. The van der Waals surface area contributed by atoms with Crippen molar-refractivity contribution in [3.63, 3.8) is 0 Å². The monoisotopic (exact) mass is 1090 g/mol. The van der Waals surface area contributed by atoms with Crippen LogP contribution in [0.15, 0.2) is 193 Å². The maximum atomic E-state index is 6.81. The number of aromatic nitrogens is 4. The van der Waals surface area contributed by atoms with Crippen molar-refractivity contribution >= 4 is 46.2 Å². The number of rotatable bonds is 9. The van der Waals surface area contributed by atoms with E-state index in [0.29, 0.717) is 0 Å². The van der Waals surface area contributed by atoms with Crippen molar-refractivity contribution in [2.24, 2.45) is 0 Å². The molecule has 0 saturated carbocycles. The number of benzene rings is 7. The molecule has 69 heavy (non-hydrogen) atoms. The fourth-order valence-electron chi connectivity index (χ4n) is 9.06. The molecule has 343 valence electrons. The summed E-state index contributed by atoms with van der Waals surface area (Å²) in [6, 6.07) is 66.2. The smallest absolute Gasteiger partial charge is 0.121 e. The summed E-state index contributed by atoms with van der Waals surface area (Å²) in [6.45, 7) is 16.1. The second-order valence-corrected chi connectivity index (χ2v) is 24.2. The van der Waals surface area contributed by atoms with Gasteiger partial charge in [-0.3, -0.25) is 9.97 Å². The SMILES string of the molecule is CC(C)c1cc(-c2ccccc2)cc(C(C)C)c1-n1c(-c2[c-]ccc3c2oc2cc(-c4ccc(-c5ccccc5)cc4)ccc23)nc2ccncc21.C[Si](C)(C)c1ccc(-c2[c-]cccc2)nc1.[Ir]. The van der Waals surface area contributed by atoms with Gasteiger partial charge in [-0.1, -0.05) is 167 Å². The van der Waals surface area contributed by atoms with Crippen LogP contribution < -0.4 is 5.19 Å². The van der Waals surface area contributed by atoms with Gasteiger partial charge in [-0.2, -0.15) is 0 Å². The van der Waals surface area contributed by atoms with Crippen LogP contribution in [0.25, 0.3) is 94.7 Å². The zero-order valence-corrected chi connectivity index (χ0v) is 43.5. The summed E-state index contributed by atoms with van der Waals surface area (Å²) in [4.78, 5) is 14.4. The third-order valence-corrected chi connectivity index (χ3v) is 14.8. The molecule has 4 aromatic heterocycles. The third-order valence-electron chi connectivity index (χ3n) is 12.8. The molecule has 0 bridgehead atoms. The van der Waals surface area contributed by atoms with Crippen molar-refractivity contribution in [3.05, 3.63) is 212 Å². The predicted octanol–water partition coefficient (Wildman–Crippen LogP) is 16.1. The van der Waals surface area contributed by atoms with Crippen molar-refractivity contribution in [2.45, 2.75) is 59.2 Å². The quantitative estimate of drug-likeness (QED) is 0.107. The third kappa shape index (κ3) is 9.56. The Morgan fingerprint density at radius 3 is 1.80 bits per heavy atom. The minimum Gasteiger partial charge on any atom is -0.501 e. The Balaban J connectivity index is 0.000000296. The van der Waals surface area contributed by atoms with Crippen LogP contribution in [0, 0.1) is 12.1 Å². The Morgan fingerprint density at radius 2 is 1.19 bits per heavy atom. The van der Waals surface area contributed by atoms with Crippen LogP contribution >= 0.6 is 0 Å². The van der Waals surface area contributed by atoms with Gasteiger partial charge in [0.25, 0.3) is 0 Å². The molecule has 0 unspecified atom stereocenters. The summed E-state index contributed by atoms with van der Waals surface area (Å²) in [5.41, 5.74) is 17.1. The van der Waals surface area contributed by atoms with Gasteiger partial charge in [0, 0.05) is 43.6 Å². The van der Waals surface area contributed by atoms with Crippen molar-refractivity contribution in [2.75, 3.05) is 0 Å². The maximum Gasteiger partial charge on any atom is 0.121 e. The van der Waals surface area contributed by atoms with E-state index in [4.69, 9.17) is 9.40 Å². The van der Waals surface area contributed by atoms with Crippen LogP contribution in [0.1, 0.15) is 50.7 Å². The van der Waals surface area contributed by atoms with Gasteiger partial charge in [-0.25, -0.2) is 0 Å². The van der Waals surface area contributed by atoms with Crippen LogP contribution in [0.3, 0.4) is 0 Å². The van der Waals surface area contributed by atoms with E-state index in [2.05, 4.69) is 201 Å². The molecule has 11 aromatic rings. The van der Waals surface area contributed by atoms with E-state index < -0.39 is 8.07 Å². The number of fused-ring (bicyclic) bond motifs is 4. The van der Waals surface area contributed by atoms with Gasteiger partial charge in [0.2, 0.25) is 0 Å². The second kappa shape index (κ2) is 19.9. The van der Waals surface area contributed by atoms with E-state index in [0.717, 1.165) is 72.4 Å². The van der Waals surface area contributed by atoms with E-state index in [9.17, 15) is 0 Å². The fourth-order valence-corrected chi connectivity index (χ4v) is 10.1. The van der Waals surface area contributed by atoms with Crippen LogP contribution in [0.2, 0.25) is 19.6 Å². The molecule has 0 saturated heterocycles. The summed E-state index contributed by atoms with van der Waals surface area (Å²) in [5.74, 6) is 1.30. The first-order valence-corrected chi connectivity index (χ1v) is 27.0. The standard InChI is InChI=1S/C48H38N3O.C14H16NSi.Ir/c1-30(2)41-26-37(33-14-9-6-10-15-33)27-42(31(3)4)46(41)51-44-29-49-25-24-43(44)50-48(51)40-17-11-16-39-38-23-22-36(28-45(38)52-47(39)40)35-20-18-34(19-21-35)32-12-7-5-8-13-32;1-16(2,3)13-9-10-14(15-11-13)12-7-5-4-6-8-12;/h5-16,18-31H,1-4H3;4-7,9-11H,1-3H3;/q2*-1;. The number of imidazole rings is 1. The number of nitrogens with zero attached hydrogens (tertiary/aromatic N) is 4. The summed E-state index contributed by atoms with van der Waals surface area (Å²) in [6.07, 6.45) is 5.76. The molecule has 0 aliphatic carbocycles. The molecule has 7 heteroatoms. The Bertz CT molecular complexity index is 3490. The summed E-state index contributed by atoms with van der Waals surface area (Å²) >= 11 is 0. The first-order valence-electron chi connectivity index (χ1n) is 23.5. The first kappa shape index (κ1) is 47.1. The first-order chi connectivity index (χ1) is 33.0. The van der Waals surface area contributed by atoms with Gasteiger partial charge in [0.15, 0.2) is 0 Å². The largest absolute Gasteiger partial charge is 0.501 e. The molecule has 5 nitrogen and oxygen atoms in total. The average molecular weight is 1090 g/mol. The molecular formula is C62H54IrN4OSi-2. The van der Waals surface area contributed by atoms with Gasteiger partial charge in [0.1, 0.15) is 5.58 Å². The van der Waals surface area contributed by atoms with Gasteiger partial charge < -0.3 is 14.0 Å².